The molecule has 0 aliphatic carbocycles. The Hall–Kier alpha value is -2.83. The minimum atomic E-state index is -1.02. The average Bonchev–Trinajstić information content (AvgIpc) is 3.01. The maximum Gasteiger partial charge on any atom is 0.408 e. The van der Waals surface area contributed by atoms with Gasteiger partial charge in [0.15, 0.2) is 0 Å². The number of carbonyl (C=O) groups is 2. The van der Waals surface area contributed by atoms with Crippen molar-refractivity contribution in [2.75, 3.05) is 0 Å². The largest absolute Gasteiger partial charge is 0.481 e. The van der Waals surface area contributed by atoms with Crippen molar-refractivity contribution in [2.24, 2.45) is 0 Å². The number of carboxylic acid groups (broad SMARTS) is 1. The Balaban J connectivity index is 2.00. The van der Waals surface area contributed by atoms with E-state index < -0.39 is 18.1 Å². The molecule has 1 atom stereocenters. The van der Waals surface area contributed by atoms with Gasteiger partial charge in [-0.1, -0.05) is 30.3 Å². The number of amides is 1. The predicted molar refractivity (Wildman–Crippen MR) is 82.7 cm³/mol. The predicted octanol–water partition coefficient (Wildman–Crippen LogP) is 2.35. The monoisotopic (exact) mass is 317 g/mol. The Bertz CT molecular complexity index is 654. The van der Waals surface area contributed by atoms with E-state index in [0.717, 1.165) is 5.56 Å². The number of hydrogen-bond acceptors (Lipinski definition) is 4. The number of carbonyl (C=O) groups excluding carboxylic acids is 1. The fourth-order valence-corrected chi connectivity index (χ4v) is 2.19. The molecule has 2 aromatic rings. The summed E-state index contributed by atoms with van der Waals surface area (Å²) in [4.78, 5) is 27.1. The first-order chi connectivity index (χ1) is 11.1. The second kappa shape index (κ2) is 7.98. The second-order valence-corrected chi connectivity index (χ2v) is 4.93. The third-order valence-electron chi connectivity index (χ3n) is 3.28. The Labute approximate surface area is 133 Å². The lowest BCUT2D eigenvalue weighted by molar-refractivity contribution is -0.137. The molecule has 0 aliphatic heterocycles. The van der Waals surface area contributed by atoms with E-state index in [4.69, 9.17) is 9.84 Å². The van der Waals surface area contributed by atoms with Crippen LogP contribution in [0.1, 0.15) is 30.8 Å². The number of aliphatic carboxylic acids is 1. The number of alkyl carbamates (subject to hydrolysis) is 1. The van der Waals surface area contributed by atoms with Gasteiger partial charge in [0, 0.05) is 18.9 Å². The zero-order valence-corrected chi connectivity index (χ0v) is 12.8. The number of aryl methyl sites for hydroxylation is 1. The van der Waals surface area contributed by atoms with Crippen LogP contribution in [0.2, 0.25) is 0 Å². The van der Waals surface area contributed by atoms with Gasteiger partial charge < -0.3 is 19.7 Å². The van der Waals surface area contributed by atoms with Crippen LogP contribution < -0.4 is 5.32 Å². The molecular weight excluding hydrogens is 298 g/mol. The molecule has 1 unspecified atom stereocenters. The summed E-state index contributed by atoms with van der Waals surface area (Å²) in [5.74, 6) is -0.532. The lowest BCUT2D eigenvalue weighted by atomic mass is 10.2. The molecule has 2 N–H and O–H groups in total. The normalized spacial score (nSPS) is 11.7. The van der Waals surface area contributed by atoms with Gasteiger partial charge in [-0.15, -0.1) is 0 Å². The first-order valence-corrected chi connectivity index (χ1v) is 7.30. The van der Waals surface area contributed by atoms with Gasteiger partial charge in [-0.3, -0.25) is 4.79 Å². The van der Waals surface area contributed by atoms with E-state index in [1.54, 1.807) is 17.0 Å². The number of hydrogen-bond donors (Lipinski definition) is 2. The molecular formula is C16H19N3O4. The highest BCUT2D eigenvalue weighted by Gasteiger charge is 2.22. The van der Waals surface area contributed by atoms with E-state index in [1.807, 2.05) is 37.3 Å². The molecule has 1 amide bonds. The molecule has 0 spiro atoms. The van der Waals surface area contributed by atoms with Crippen molar-refractivity contribution in [3.8, 4) is 0 Å². The molecule has 0 fully saturated rings. The number of carboxylic acids is 1. The van der Waals surface area contributed by atoms with Gasteiger partial charge in [0.05, 0.1) is 6.42 Å². The summed E-state index contributed by atoms with van der Waals surface area (Å²) in [5.41, 5.74) is 0.854. The van der Waals surface area contributed by atoms with Crippen LogP contribution in [0.4, 0.5) is 4.79 Å². The van der Waals surface area contributed by atoms with Crippen molar-refractivity contribution in [1.82, 2.24) is 14.9 Å². The van der Waals surface area contributed by atoms with E-state index in [-0.39, 0.29) is 13.0 Å². The summed E-state index contributed by atoms with van der Waals surface area (Å²) in [5, 5.41) is 11.6. The summed E-state index contributed by atoms with van der Waals surface area (Å²) < 4.78 is 6.91. The van der Waals surface area contributed by atoms with Gasteiger partial charge in [0.1, 0.15) is 18.5 Å². The fraction of sp³-hybridized carbons (Fsp3) is 0.312. The number of imidazole rings is 1. The fourth-order valence-electron chi connectivity index (χ4n) is 2.19. The lowest BCUT2D eigenvalue weighted by Crippen LogP contribution is -2.32. The lowest BCUT2D eigenvalue weighted by Gasteiger charge is -2.17. The highest BCUT2D eigenvalue weighted by Crippen LogP contribution is 2.16. The van der Waals surface area contributed by atoms with Crippen LogP contribution in [0.3, 0.4) is 0 Å². The molecule has 0 saturated carbocycles. The smallest absolute Gasteiger partial charge is 0.408 e. The van der Waals surface area contributed by atoms with Crippen molar-refractivity contribution in [2.45, 2.75) is 32.5 Å². The zero-order valence-electron chi connectivity index (χ0n) is 12.8. The molecule has 122 valence electrons. The highest BCUT2D eigenvalue weighted by atomic mass is 16.5. The van der Waals surface area contributed by atoms with Gasteiger partial charge in [-0.05, 0) is 12.5 Å². The van der Waals surface area contributed by atoms with Crippen molar-refractivity contribution < 1.29 is 19.4 Å². The molecule has 0 radical (unpaired) electrons. The summed E-state index contributed by atoms with van der Waals surface area (Å²) in [7, 11) is 0. The van der Waals surface area contributed by atoms with Crippen LogP contribution in [-0.4, -0.2) is 26.7 Å². The Morgan fingerprint density at radius 2 is 2.09 bits per heavy atom. The second-order valence-electron chi connectivity index (χ2n) is 4.93. The highest BCUT2D eigenvalue weighted by molar-refractivity contribution is 5.71. The first kappa shape index (κ1) is 16.5. The van der Waals surface area contributed by atoms with Crippen LogP contribution >= 0.6 is 0 Å². The van der Waals surface area contributed by atoms with E-state index >= 15 is 0 Å². The molecule has 1 aromatic carbocycles. The number of benzene rings is 1. The van der Waals surface area contributed by atoms with Gasteiger partial charge in [-0.25, -0.2) is 9.78 Å². The SMILES string of the molecule is CCn1ccnc1C(CC(=O)O)NC(=O)OCc1ccccc1. The van der Waals surface area contributed by atoms with Crippen LogP contribution in [0.25, 0.3) is 0 Å². The van der Waals surface area contributed by atoms with Crippen molar-refractivity contribution in [3.63, 3.8) is 0 Å². The van der Waals surface area contributed by atoms with E-state index in [0.29, 0.717) is 12.4 Å². The molecule has 0 saturated heterocycles. The van der Waals surface area contributed by atoms with Crippen LogP contribution in [0.15, 0.2) is 42.7 Å². The van der Waals surface area contributed by atoms with Crippen LogP contribution in [0.5, 0.6) is 0 Å². The number of nitrogens with zero attached hydrogens (tertiary/aromatic N) is 2. The minimum absolute atomic E-state index is 0.120. The number of ether oxygens (including phenoxy) is 1. The van der Waals surface area contributed by atoms with Crippen LogP contribution in [-0.2, 0) is 22.7 Å². The maximum atomic E-state index is 11.9. The summed E-state index contributed by atoms with van der Waals surface area (Å²) in [6.07, 6.45) is 2.37. The van der Waals surface area contributed by atoms with Gasteiger partial charge in [0.25, 0.3) is 0 Å². The molecule has 1 aromatic heterocycles. The number of nitrogens with one attached hydrogen (secondary N) is 1. The summed E-state index contributed by atoms with van der Waals surface area (Å²) in [6, 6.07) is 8.50. The quantitative estimate of drug-likeness (QED) is 0.817. The van der Waals surface area contributed by atoms with Crippen molar-refractivity contribution >= 4 is 12.1 Å². The maximum absolute atomic E-state index is 11.9. The van der Waals surface area contributed by atoms with Crippen LogP contribution in [0, 0.1) is 0 Å². The molecule has 1 heterocycles. The molecule has 7 heteroatoms. The number of rotatable bonds is 7. The van der Waals surface area contributed by atoms with Gasteiger partial charge >= 0.3 is 12.1 Å². The minimum Gasteiger partial charge on any atom is -0.481 e. The van der Waals surface area contributed by atoms with E-state index in [2.05, 4.69) is 10.3 Å². The van der Waals surface area contributed by atoms with Crippen molar-refractivity contribution in [3.05, 3.63) is 54.1 Å². The summed E-state index contributed by atoms with van der Waals surface area (Å²) in [6.45, 7) is 2.66. The summed E-state index contributed by atoms with van der Waals surface area (Å²) >= 11 is 0. The molecule has 7 nitrogen and oxygen atoms in total. The first-order valence-electron chi connectivity index (χ1n) is 7.30. The third kappa shape index (κ3) is 4.84. The number of aromatic nitrogens is 2. The van der Waals surface area contributed by atoms with E-state index in [1.165, 1.54) is 0 Å². The van der Waals surface area contributed by atoms with Gasteiger partial charge in [0.2, 0.25) is 0 Å². The molecule has 0 bridgehead atoms. The molecule has 23 heavy (non-hydrogen) atoms. The Morgan fingerprint density at radius 3 is 2.74 bits per heavy atom. The zero-order chi connectivity index (χ0) is 16.7. The third-order valence-corrected chi connectivity index (χ3v) is 3.28. The molecule has 2 rings (SSSR count). The van der Waals surface area contributed by atoms with Gasteiger partial charge in [-0.2, -0.15) is 0 Å². The average molecular weight is 317 g/mol. The Kier molecular flexibility index (Phi) is 5.74. The Morgan fingerprint density at radius 1 is 1.35 bits per heavy atom. The topological polar surface area (TPSA) is 93.5 Å². The van der Waals surface area contributed by atoms with Crippen molar-refractivity contribution in [1.29, 1.82) is 0 Å². The molecule has 0 aliphatic rings. The standard InChI is InChI=1S/C16H19N3O4/c1-2-19-9-8-17-15(19)13(10-14(20)21)18-16(22)23-11-12-6-4-3-5-7-12/h3-9,13H,2,10-11H2,1H3,(H,18,22)(H,20,21). The van der Waals surface area contributed by atoms with E-state index in [9.17, 15) is 9.59 Å².